The lowest BCUT2D eigenvalue weighted by Crippen LogP contribution is -2.09. The predicted molar refractivity (Wildman–Crippen MR) is 76.1 cm³/mol. The van der Waals surface area contributed by atoms with Gasteiger partial charge in [-0.25, -0.2) is 0 Å². The number of methoxy groups -OCH3 is 2. The second-order valence-corrected chi connectivity index (χ2v) is 4.84. The summed E-state index contributed by atoms with van der Waals surface area (Å²) in [4.78, 5) is 23.6. The first kappa shape index (κ1) is 16.4. The maximum atomic E-state index is 11.6. The van der Waals surface area contributed by atoms with Crippen LogP contribution in [0.25, 0.3) is 0 Å². The lowest BCUT2D eigenvalue weighted by molar-refractivity contribution is -0.142. The van der Waals surface area contributed by atoms with Gasteiger partial charge in [-0.05, 0) is 30.7 Å². The zero-order chi connectivity index (χ0) is 15.0. The number of rotatable bonds is 7. The first-order valence-electron chi connectivity index (χ1n) is 6.12. The quantitative estimate of drug-likeness (QED) is 0.567. The monoisotopic (exact) mass is 298 g/mol. The predicted octanol–water partition coefficient (Wildman–Crippen LogP) is 2.07. The molecule has 0 aliphatic carbocycles. The number of hydrogen-bond donors (Lipinski definition) is 0. The molecule has 20 heavy (non-hydrogen) atoms. The molecule has 0 unspecified atom stereocenters. The number of ether oxygens (including phenoxy) is 3. The second-order valence-electron chi connectivity index (χ2n) is 3.82. The highest BCUT2D eigenvalue weighted by Crippen LogP contribution is 2.27. The minimum absolute atomic E-state index is 0.147. The van der Waals surface area contributed by atoms with Crippen LogP contribution in [0.3, 0.4) is 0 Å². The molecule has 1 aromatic carbocycles. The van der Waals surface area contributed by atoms with E-state index in [1.165, 1.54) is 18.9 Å². The lowest BCUT2D eigenvalue weighted by atomic mass is 10.1. The van der Waals surface area contributed by atoms with Crippen LogP contribution < -0.4 is 4.74 Å². The van der Waals surface area contributed by atoms with Crippen molar-refractivity contribution in [3.05, 3.63) is 23.8 Å². The summed E-state index contributed by atoms with van der Waals surface area (Å²) in [5.74, 6) is 0.235. The number of carbonyl (C=O) groups is 2. The van der Waals surface area contributed by atoms with Crippen LogP contribution in [-0.4, -0.2) is 38.5 Å². The topological polar surface area (TPSA) is 61.8 Å². The Morgan fingerprint density at radius 3 is 2.55 bits per heavy atom. The molecule has 0 aliphatic heterocycles. The fourth-order valence-electron chi connectivity index (χ4n) is 1.52. The smallest absolute Gasteiger partial charge is 0.315 e. The molecule has 0 atom stereocenters. The van der Waals surface area contributed by atoms with Crippen LogP contribution in [-0.2, 0) is 25.5 Å². The van der Waals surface area contributed by atoms with Crippen LogP contribution in [0, 0.1) is 0 Å². The number of carbonyl (C=O) groups excluding carboxylic acids is 2. The van der Waals surface area contributed by atoms with Gasteiger partial charge in [0.25, 0.3) is 0 Å². The van der Waals surface area contributed by atoms with E-state index >= 15 is 0 Å². The van der Waals surface area contributed by atoms with Crippen LogP contribution in [0.4, 0.5) is 0 Å². The number of esters is 2. The molecule has 0 amide bonds. The molecule has 1 aromatic rings. The van der Waals surface area contributed by atoms with Crippen molar-refractivity contribution in [2.45, 2.75) is 18.2 Å². The third-order valence-corrected chi connectivity index (χ3v) is 3.57. The molecule has 0 heterocycles. The van der Waals surface area contributed by atoms with Gasteiger partial charge in [-0.1, -0.05) is 0 Å². The van der Waals surface area contributed by atoms with E-state index in [1.807, 2.05) is 6.07 Å². The van der Waals surface area contributed by atoms with Crippen molar-refractivity contribution in [2.75, 3.05) is 26.6 Å². The Balaban J connectivity index is 2.85. The van der Waals surface area contributed by atoms with E-state index in [4.69, 9.17) is 9.47 Å². The minimum Gasteiger partial charge on any atom is -0.497 e. The van der Waals surface area contributed by atoms with Gasteiger partial charge in [-0.3, -0.25) is 9.59 Å². The summed E-state index contributed by atoms with van der Waals surface area (Å²) in [5.41, 5.74) is 0.775. The molecule has 0 spiro atoms. The maximum absolute atomic E-state index is 11.6. The van der Waals surface area contributed by atoms with Crippen LogP contribution in [0.5, 0.6) is 5.75 Å². The molecule has 0 radical (unpaired) electrons. The zero-order valence-corrected chi connectivity index (χ0v) is 12.6. The average Bonchev–Trinajstić information content (AvgIpc) is 2.45. The van der Waals surface area contributed by atoms with Gasteiger partial charge in [0.15, 0.2) is 0 Å². The third-order valence-electron chi connectivity index (χ3n) is 2.48. The van der Waals surface area contributed by atoms with E-state index in [9.17, 15) is 9.59 Å². The van der Waals surface area contributed by atoms with Crippen molar-refractivity contribution in [2.24, 2.45) is 0 Å². The summed E-state index contributed by atoms with van der Waals surface area (Å²) in [6.07, 6.45) is 0.147. The molecule has 0 N–H and O–H groups in total. The Morgan fingerprint density at radius 2 is 1.95 bits per heavy atom. The first-order valence-corrected chi connectivity index (χ1v) is 7.11. The number of thioether (sulfide) groups is 1. The summed E-state index contributed by atoms with van der Waals surface area (Å²) in [6.45, 7) is 2.10. The molecule has 0 saturated heterocycles. The van der Waals surface area contributed by atoms with Crippen molar-refractivity contribution in [1.29, 1.82) is 0 Å². The molecule has 110 valence electrons. The SMILES string of the molecule is CCOC(=O)Cc1cc(OC)ccc1SCC(=O)OC. The second kappa shape index (κ2) is 8.47. The number of benzene rings is 1. The summed E-state index contributed by atoms with van der Waals surface area (Å²) in [7, 11) is 2.90. The van der Waals surface area contributed by atoms with Crippen LogP contribution in [0.2, 0.25) is 0 Å². The summed E-state index contributed by atoms with van der Waals surface area (Å²) in [5, 5.41) is 0. The molecule has 5 nitrogen and oxygen atoms in total. The zero-order valence-electron chi connectivity index (χ0n) is 11.8. The van der Waals surface area contributed by atoms with Gasteiger partial charge < -0.3 is 14.2 Å². The molecule has 0 aromatic heterocycles. The van der Waals surface area contributed by atoms with Crippen LogP contribution in [0.1, 0.15) is 12.5 Å². The molecular formula is C14H18O5S. The van der Waals surface area contributed by atoms with Gasteiger partial charge in [-0.15, -0.1) is 11.8 Å². The molecule has 0 fully saturated rings. The molecule has 0 saturated carbocycles. The van der Waals surface area contributed by atoms with Gasteiger partial charge >= 0.3 is 11.9 Å². The maximum Gasteiger partial charge on any atom is 0.315 e. The Morgan fingerprint density at radius 1 is 1.20 bits per heavy atom. The largest absolute Gasteiger partial charge is 0.497 e. The van der Waals surface area contributed by atoms with Crippen molar-refractivity contribution in [3.8, 4) is 5.75 Å². The molecule has 0 bridgehead atoms. The average molecular weight is 298 g/mol. The highest BCUT2D eigenvalue weighted by atomic mass is 32.2. The van der Waals surface area contributed by atoms with Crippen LogP contribution in [0.15, 0.2) is 23.1 Å². The van der Waals surface area contributed by atoms with Crippen LogP contribution >= 0.6 is 11.8 Å². The van der Waals surface area contributed by atoms with Gasteiger partial charge in [-0.2, -0.15) is 0 Å². The van der Waals surface area contributed by atoms with E-state index in [0.29, 0.717) is 12.4 Å². The Kier molecular flexibility index (Phi) is 6.93. The Hall–Kier alpha value is -1.69. The summed E-state index contributed by atoms with van der Waals surface area (Å²) >= 11 is 1.32. The van der Waals surface area contributed by atoms with Crippen molar-refractivity contribution < 1.29 is 23.8 Å². The lowest BCUT2D eigenvalue weighted by Gasteiger charge is -2.10. The van der Waals surface area contributed by atoms with Gasteiger partial charge in [0.1, 0.15) is 5.75 Å². The van der Waals surface area contributed by atoms with Crippen molar-refractivity contribution >= 4 is 23.7 Å². The fourth-order valence-corrected chi connectivity index (χ4v) is 2.40. The van der Waals surface area contributed by atoms with E-state index in [0.717, 1.165) is 10.5 Å². The standard InChI is InChI=1S/C14H18O5S/c1-4-19-13(15)8-10-7-11(17-2)5-6-12(10)20-9-14(16)18-3/h5-7H,4,8-9H2,1-3H3. The van der Waals surface area contributed by atoms with Gasteiger partial charge in [0.2, 0.25) is 0 Å². The first-order chi connectivity index (χ1) is 9.60. The van der Waals surface area contributed by atoms with Gasteiger partial charge in [0.05, 0.1) is 33.0 Å². The third kappa shape index (κ3) is 5.13. The number of hydrogen-bond acceptors (Lipinski definition) is 6. The molecular weight excluding hydrogens is 280 g/mol. The van der Waals surface area contributed by atoms with E-state index in [2.05, 4.69) is 4.74 Å². The minimum atomic E-state index is -0.312. The van der Waals surface area contributed by atoms with E-state index in [-0.39, 0.29) is 24.1 Å². The summed E-state index contributed by atoms with van der Waals surface area (Å²) in [6, 6.07) is 5.38. The van der Waals surface area contributed by atoms with E-state index in [1.54, 1.807) is 26.2 Å². The Labute approximate surface area is 122 Å². The molecule has 0 aliphatic rings. The van der Waals surface area contributed by atoms with Crippen molar-refractivity contribution in [3.63, 3.8) is 0 Å². The highest BCUT2D eigenvalue weighted by Gasteiger charge is 2.12. The normalized spacial score (nSPS) is 9.95. The molecule has 6 heteroatoms. The van der Waals surface area contributed by atoms with E-state index < -0.39 is 0 Å². The highest BCUT2D eigenvalue weighted by molar-refractivity contribution is 8.00. The molecule has 1 rings (SSSR count). The summed E-state index contributed by atoms with van der Waals surface area (Å²) < 4.78 is 14.7. The van der Waals surface area contributed by atoms with Gasteiger partial charge in [0, 0.05) is 4.90 Å². The fraction of sp³-hybridized carbons (Fsp3) is 0.429. The van der Waals surface area contributed by atoms with Crippen molar-refractivity contribution in [1.82, 2.24) is 0 Å². The Bertz CT molecular complexity index is 473.